The summed E-state index contributed by atoms with van der Waals surface area (Å²) in [6.45, 7) is 3.84. The minimum atomic E-state index is -1.08. The molecule has 0 spiro atoms. The molecular weight excluding hydrogens is 444 g/mol. The van der Waals surface area contributed by atoms with Crippen molar-refractivity contribution >= 4 is 73.8 Å². The van der Waals surface area contributed by atoms with E-state index in [0.29, 0.717) is 0 Å². The summed E-state index contributed by atoms with van der Waals surface area (Å²) in [6.07, 6.45) is 0. The second kappa shape index (κ2) is 4.42. The van der Waals surface area contributed by atoms with Crippen LogP contribution in [0.2, 0.25) is 0 Å². The van der Waals surface area contributed by atoms with Crippen LogP contribution < -0.4 is 0 Å². The fourth-order valence-corrected chi connectivity index (χ4v) is 4.94. The van der Waals surface area contributed by atoms with Crippen LogP contribution in [0.1, 0.15) is 13.8 Å². The van der Waals surface area contributed by atoms with E-state index < -0.39 is 14.6 Å². The van der Waals surface area contributed by atoms with Crippen molar-refractivity contribution in [3.05, 3.63) is 0 Å². The third-order valence-corrected chi connectivity index (χ3v) is 6.37. The molecule has 2 rings (SSSR count). The number of fused-ring (bicyclic) bond motifs is 1. The molecule has 2 heterocycles. The maximum atomic E-state index is 11.9. The highest BCUT2D eigenvalue weighted by atomic mass is 127. The highest BCUT2D eigenvalue weighted by Gasteiger charge is 2.70. The molecular formula is C9H10BrClINO3S. The van der Waals surface area contributed by atoms with Gasteiger partial charge >= 0.3 is 5.97 Å². The number of hydrogen-bond acceptors (Lipinski definition) is 4. The topological polar surface area (TPSA) is 46.6 Å². The number of rotatable bonds is 2. The van der Waals surface area contributed by atoms with E-state index >= 15 is 0 Å². The smallest absolute Gasteiger partial charge is 0.331 e. The zero-order valence-electron chi connectivity index (χ0n) is 9.08. The molecule has 0 bridgehead atoms. The Morgan fingerprint density at radius 2 is 2.29 bits per heavy atom. The first-order valence-electron chi connectivity index (χ1n) is 4.84. The fraction of sp³-hybridized carbons (Fsp3) is 0.778. The van der Waals surface area contributed by atoms with Crippen molar-refractivity contribution in [3.8, 4) is 0 Å². The highest BCUT2D eigenvalue weighted by molar-refractivity contribution is 14.1. The van der Waals surface area contributed by atoms with Crippen molar-refractivity contribution in [2.24, 2.45) is 0 Å². The Balaban J connectivity index is 2.28. The molecule has 96 valence electrons. The van der Waals surface area contributed by atoms with Crippen molar-refractivity contribution in [2.45, 2.75) is 33.8 Å². The number of halogens is 3. The number of β-lactam (4-membered cyclic amide) rings is 1. The van der Waals surface area contributed by atoms with Gasteiger partial charge in [-0.2, -0.15) is 0 Å². The van der Waals surface area contributed by atoms with Gasteiger partial charge in [-0.3, -0.25) is 4.79 Å². The van der Waals surface area contributed by atoms with E-state index in [0.717, 1.165) is 0 Å². The first-order chi connectivity index (χ1) is 7.73. The van der Waals surface area contributed by atoms with Gasteiger partial charge in [-0.25, -0.2) is 4.79 Å². The Morgan fingerprint density at radius 3 is 2.82 bits per heavy atom. The average molecular weight is 455 g/mol. The molecule has 1 unspecified atom stereocenters. The summed E-state index contributed by atoms with van der Waals surface area (Å²) in [4.78, 5) is 25.3. The van der Waals surface area contributed by atoms with Gasteiger partial charge in [0.2, 0.25) is 3.78 Å². The maximum Gasteiger partial charge on any atom is 0.331 e. The molecule has 0 aromatic rings. The van der Waals surface area contributed by atoms with Crippen LogP contribution in [0.4, 0.5) is 0 Å². The van der Waals surface area contributed by atoms with E-state index in [-0.39, 0.29) is 21.9 Å². The molecule has 0 aromatic carbocycles. The van der Waals surface area contributed by atoms with Crippen molar-refractivity contribution in [2.75, 3.05) is 4.61 Å². The largest absolute Gasteiger partial charge is 0.453 e. The SMILES string of the molecule is CC1(C)S[C@H]2N(C(=O)C2(Cl)Br)[C@H]1C(=O)OCI. The van der Waals surface area contributed by atoms with Crippen molar-refractivity contribution in [1.82, 2.24) is 4.90 Å². The van der Waals surface area contributed by atoms with Crippen LogP contribution in [-0.2, 0) is 14.3 Å². The van der Waals surface area contributed by atoms with E-state index in [1.807, 2.05) is 36.4 Å². The maximum absolute atomic E-state index is 11.9. The number of ether oxygens (including phenoxy) is 1. The summed E-state index contributed by atoms with van der Waals surface area (Å²) in [5, 5.41) is -0.224. The molecule has 2 fully saturated rings. The first kappa shape index (κ1) is 14.2. The fourth-order valence-electron chi connectivity index (χ4n) is 2.09. The molecule has 1 amide bonds. The highest BCUT2D eigenvalue weighted by Crippen LogP contribution is 2.59. The molecule has 2 saturated heterocycles. The number of thioether (sulfide) groups is 1. The van der Waals surface area contributed by atoms with Gasteiger partial charge in [-0.05, 0) is 36.4 Å². The normalized spacial score (nSPS) is 38.6. The second-order valence-electron chi connectivity index (χ2n) is 4.38. The van der Waals surface area contributed by atoms with Crippen LogP contribution in [0.15, 0.2) is 0 Å². The van der Waals surface area contributed by atoms with Gasteiger partial charge < -0.3 is 9.64 Å². The van der Waals surface area contributed by atoms with Crippen LogP contribution in [0.25, 0.3) is 0 Å². The summed E-state index contributed by atoms with van der Waals surface area (Å²) in [7, 11) is 0. The number of nitrogens with zero attached hydrogens (tertiary/aromatic N) is 1. The van der Waals surface area contributed by atoms with Crippen molar-refractivity contribution < 1.29 is 14.3 Å². The molecule has 2 aliphatic heterocycles. The lowest BCUT2D eigenvalue weighted by Gasteiger charge is -2.46. The summed E-state index contributed by atoms with van der Waals surface area (Å²) in [5.74, 6) is -0.634. The Hall–Kier alpha value is 0.790. The van der Waals surface area contributed by atoms with Gasteiger partial charge in [-0.15, -0.1) is 11.8 Å². The van der Waals surface area contributed by atoms with Crippen LogP contribution in [-0.4, -0.2) is 41.3 Å². The average Bonchev–Trinajstić information content (AvgIpc) is 2.48. The third kappa shape index (κ3) is 2.01. The van der Waals surface area contributed by atoms with Gasteiger partial charge in [0.15, 0.2) is 0 Å². The van der Waals surface area contributed by atoms with Crippen LogP contribution in [0.5, 0.6) is 0 Å². The molecule has 0 radical (unpaired) electrons. The van der Waals surface area contributed by atoms with E-state index in [4.69, 9.17) is 16.3 Å². The molecule has 4 nitrogen and oxygen atoms in total. The minimum absolute atomic E-state index is 0.224. The summed E-state index contributed by atoms with van der Waals surface area (Å²) < 4.78 is 3.82. The van der Waals surface area contributed by atoms with E-state index in [1.165, 1.54) is 16.7 Å². The monoisotopic (exact) mass is 453 g/mol. The summed E-state index contributed by atoms with van der Waals surface area (Å²) >= 11 is 12.8. The summed E-state index contributed by atoms with van der Waals surface area (Å²) in [6, 6.07) is -0.566. The van der Waals surface area contributed by atoms with Crippen LogP contribution in [0.3, 0.4) is 0 Å². The zero-order valence-corrected chi connectivity index (χ0v) is 14.4. The minimum Gasteiger partial charge on any atom is -0.453 e. The Kier molecular flexibility index (Phi) is 3.69. The lowest BCUT2D eigenvalue weighted by molar-refractivity contribution is -0.160. The molecule has 0 aliphatic carbocycles. The number of esters is 1. The quantitative estimate of drug-likeness (QED) is 0.278. The predicted molar refractivity (Wildman–Crippen MR) is 78.6 cm³/mol. The number of alkyl halides is 3. The number of carbonyl (C=O) groups is 2. The number of amides is 1. The van der Waals surface area contributed by atoms with Gasteiger partial charge in [-0.1, -0.05) is 27.5 Å². The molecule has 0 saturated carbocycles. The van der Waals surface area contributed by atoms with Gasteiger partial charge in [0.25, 0.3) is 5.91 Å². The van der Waals surface area contributed by atoms with Gasteiger partial charge in [0.05, 0.1) is 0 Å². The summed E-state index contributed by atoms with van der Waals surface area (Å²) in [5.41, 5.74) is 0. The molecule has 2 aliphatic rings. The molecule has 3 atom stereocenters. The molecule has 0 N–H and O–H groups in total. The Labute approximate surface area is 130 Å². The van der Waals surface area contributed by atoms with Crippen LogP contribution in [0, 0.1) is 0 Å². The third-order valence-electron chi connectivity index (χ3n) is 2.85. The standard InChI is InChI=1S/C9H10BrClINO3S/c1-8(2)4(5(14)16-3-12)13-6(15)9(10,11)7(13)17-8/h4,7H,3H2,1-2H3/t4-,7+,9?/m0/s1. The number of hydrogen-bond donors (Lipinski definition) is 0. The van der Waals surface area contributed by atoms with Crippen LogP contribution >= 0.6 is 61.9 Å². The van der Waals surface area contributed by atoms with E-state index in [2.05, 4.69) is 15.9 Å². The molecule has 0 aromatic heterocycles. The Bertz CT molecular complexity index is 392. The Morgan fingerprint density at radius 1 is 1.71 bits per heavy atom. The van der Waals surface area contributed by atoms with E-state index in [9.17, 15) is 9.59 Å². The predicted octanol–water partition coefficient (Wildman–Crippen LogP) is 2.31. The molecule has 8 heteroatoms. The van der Waals surface area contributed by atoms with Gasteiger partial charge in [0.1, 0.15) is 16.0 Å². The van der Waals surface area contributed by atoms with E-state index in [1.54, 1.807) is 0 Å². The molecule has 17 heavy (non-hydrogen) atoms. The lowest BCUT2D eigenvalue weighted by Crippen LogP contribution is -2.68. The first-order valence-corrected chi connectivity index (χ1v) is 8.42. The van der Waals surface area contributed by atoms with Crippen molar-refractivity contribution in [3.63, 3.8) is 0 Å². The number of carbonyl (C=O) groups excluding carboxylic acids is 2. The second-order valence-corrected chi connectivity index (χ2v) is 9.04. The lowest BCUT2D eigenvalue weighted by atomic mass is 9.98. The van der Waals surface area contributed by atoms with Crippen molar-refractivity contribution in [1.29, 1.82) is 0 Å². The zero-order chi connectivity index (χ0) is 13.0. The van der Waals surface area contributed by atoms with Gasteiger partial charge in [0, 0.05) is 4.75 Å².